The van der Waals surface area contributed by atoms with Crippen LogP contribution in [0, 0.1) is 0 Å². The maximum atomic E-state index is 11.3. The zero-order valence-corrected chi connectivity index (χ0v) is 14.7. The Morgan fingerprint density at radius 2 is 1.55 bits per heavy atom. The number of carbonyl (C=O) groups excluding carboxylic acids is 2. The Bertz CT molecular complexity index is 267. The summed E-state index contributed by atoms with van der Waals surface area (Å²) in [5.74, 6) is -0.471. The number of rotatable bonds is 11. The zero-order valence-electron chi connectivity index (χ0n) is 14.7. The van der Waals surface area contributed by atoms with E-state index in [1.54, 1.807) is 14.0 Å². The summed E-state index contributed by atoms with van der Waals surface area (Å²) in [7, 11) is 2.90. The van der Waals surface area contributed by atoms with Crippen LogP contribution in [0.25, 0.3) is 0 Å². The molecule has 22 heavy (non-hydrogen) atoms. The second-order valence-corrected chi connectivity index (χ2v) is 4.71. The van der Waals surface area contributed by atoms with Crippen molar-refractivity contribution in [3.8, 4) is 0 Å². The van der Waals surface area contributed by atoms with Gasteiger partial charge in [-0.15, -0.1) is 0 Å². The van der Waals surface area contributed by atoms with Gasteiger partial charge in [0.25, 0.3) is 0 Å². The third-order valence-electron chi connectivity index (χ3n) is 2.68. The van der Waals surface area contributed by atoms with Gasteiger partial charge in [0.15, 0.2) is 6.10 Å². The Balaban J connectivity index is 0. The Hall–Kier alpha value is -1.14. The van der Waals surface area contributed by atoms with Gasteiger partial charge in [-0.3, -0.25) is 4.79 Å². The molecule has 0 spiro atoms. The van der Waals surface area contributed by atoms with Crippen LogP contribution in [0.2, 0.25) is 0 Å². The van der Waals surface area contributed by atoms with Gasteiger partial charge in [0, 0.05) is 13.7 Å². The smallest absolute Gasteiger partial charge is 0.334 e. The van der Waals surface area contributed by atoms with Crippen LogP contribution >= 0.6 is 0 Å². The van der Waals surface area contributed by atoms with Crippen molar-refractivity contribution in [2.45, 2.75) is 59.0 Å². The molecule has 0 aromatic rings. The number of carbonyl (C=O) groups is 2. The van der Waals surface area contributed by atoms with Gasteiger partial charge < -0.3 is 18.9 Å². The maximum absolute atomic E-state index is 11.3. The van der Waals surface area contributed by atoms with E-state index < -0.39 is 6.10 Å². The molecule has 0 bridgehead atoms. The molecule has 0 heterocycles. The molecule has 0 saturated heterocycles. The molecule has 0 fully saturated rings. The molecule has 132 valence electrons. The molecule has 0 saturated carbocycles. The molecular weight excluding hydrogens is 288 g/mol. The lowest BCUT2D eigenvalue weighted by Gasteiger charge is -2.11. The number of esters is 2. The van der Waals surface area contributed by atoms with Gasteiger partial charge in [-0.05, 0) is 19.8 Å². The van der Waals surface area contributed by atoms with Crippen LogP contribution in [0.4, 0.5) is 0 Å². The number of hydrogen-bond donors (Lipinski definition) is 0. The Morgan fingerprint density at radius 1 is 0.955 bits per heavy atom. The highest BCUT2D eigenvalue weighted by Crippen LogP contribution is 1.99. The molecule has 0 N–H and O–H groups in total. The van der Waals surface area contributed by atoms with E-state index >= 15 is 0 Å². The summed E-state index contributed by atoms with van der Waals surface area (Å²) in [5.41, 5.74) is 0. The van der Waals surface area contributed by atoms with Crippen LogP contribution in [-0.4, -0.2) is 52.1 Å². The number of ether oxygens (including phenoxy) is 4. The molecule has 0 aromatic carbocycles. The minimum absolute atomic E-state index is 0.230. The molecule has 0 aliphatic carbocycles. The molecule has 0 aliphatic heterocycles. The van der Waals surface area contributed by atoms with E-state index in [1.165, 1.54) is 7.11 Å². The average Bonchev–Trinajstić information content (AvgIpc) is 2.53. The molecule has 1 atom stereocenters. The molecule has 6 heteroatoms. The van der Waals surface area contributed by atoms with Gasteiger partial charge >= 0.3 is 11.9 Å². The summed E-state index contributed by atoms with van der Waals surface area (Å²) in [4.78, 5) is 21.5. The van der Waals surface area contributed by atoms with E-state index in [0.29, 0.717) is 26.2 Å². The zero-order chi connectivity index (χ0) is 17.2. The first-order valence-electron chi connectivity index (χ1n) is 7.87. The highest BCUT2D eigenvalue weighted by atomic mass is 16.6. The maximum Gasteiger partial charge on any atom is 0.334 e. The van der Waals surface area contributed by atoms with Crippen LogP contribution in [-0.2, 0) is 28.5 Å². The molecule has 0 aromatic heterocycles. The minimum atomic E-state index is -0.418. The lowest BCUT2D eigenvalue weighted by Crippen LogP contribution is -2.24. The number of methoxy groups -OCH3 is 2. The SMILES string of the molecule is CCCCOC(=O)C(C)OCCCC.COCCC(=O)OC. The summed E-state index contributed by atoms with van der Waals surface area (Å²) in [6, 6.07) is 0. The van der Waals surface area contributed by atoms with Crippen molar-refractivity contribution in [2.24, 2.45) is 0 Å². The standard InChI is InChI=1S/C11H22O3.C5H10O3/c1-4-6-8-13-10(3)11(12)14-9-7-5-2;1-7-4-3-5(6)8-2/h10H,4-9H2,1-3H3;3-4H2,1-2H3. The summed E-state index contributed by atoms with van der Waals surface area (Å²) >= 11 is 0. The predicted octanol–water partition coefficient (Wildman–Crippen LogP) is 2.73. The lowest BCUT2D eigenvalue weighted by atomic mass is 10.3. The van der Waals surface area contributed by atoms with Crippen molar-refractivity contribution in [3.63, 3.8) is 0 Å². The summed E-state index contributed by atoms with van der Waals surface area (Å²) in [5, 5.41) is 0. The minimum Gasteiger partial charge on any atom is -0.469 e. The van der Waals surface area contributed by atoms with Crippen molar-refractivity contribution in [1.82, 2.24) is 0 Å². The largest absolute Gasteiger partial charge is 0.469 e. The second-order valence-electron chi connectivity index (χ2n) is 4.71. The highest BCUT2D eigenvalue weighted by Gasteiger charge is 2.13. The van der Waals surface area contributed by atoms with Gasteiger partial charge in [0.2, 0.25) is 0 Å². The van der Waals surface area contributed by atoms with Crippen LogP contribution in [0.15, 0.2) is 0 Å². The van der Waals surface area contributed by atoms with E-state index in [4.69, 9.17) is 9.47 Å². The van der Waals surface area contributed by atoms with Crippen molar-refractivity contribution in [2.75, 3.05) is 34.0 Å². The summed E-state index contributed by atoms with van der Waals surface area (Å²) < 4.78 is 19.3. The van der Waals surface area contributed by atoms with Crippen molar-refractivity contribution >= 4 is 11.9 Å². The molecule has 0 rings (SSSR count). The average molecular weight is 320 g/mol. The van der Waals surface area contributed by atoms with Crippen LogP contribution < -0.4 is 0 Å². The fourth-order valence-electron chi connectivity index (χ4n) is 1.19. The van der Waals surface area contributed by atoms with E-state index in [9.17, 15) is 9.59 Å². The van der Waals surface area contributed by atoms with Crippen LogP contribution in [0.1, 0.15) is 52.9 Å². The van der Waals surface area contributed by atoms with Crippen molar-refractivity contribution < 1.29 is 28.5 Å². The fraction of sp³-hybridized carbons (Fsp3) is 0.875. The second kappa shape index (κ2) is 17.9. The van der Waals surface area contributed by atoms with Gasteiger partial charge in [0.05, 0.1) is 26.7 Å². The molecule has 1 unspecified atom stereocenters. The normalized spacial score (nSPS) is 11.1. The Kier molecular flexibility index (Phi) is 18.8. The van der Waals surface area contributed by atoms with Crippen molar-refractivity contribution in [1.29, 1.82) is 0 Å². The lowest BCUT2D eigenvalue weighted by molar-refractivity contribution is -0.156. The molecule has 0 amide bonds. The van der Waals surface area contributed by atoms with Crippen LogP contribution in [0.5, 0.6) is 0 Å². The number of unbranched alkanes of at least 4 members (excludes halogenated alkanes) is 2. The molecule has 0 radical (unpaired) electrons. The quantitative estimate of drug-likeness (QED) is 0.430. The third kappa shape index (κ3) is 16.9. The summed E-state index contributed by atoms with van der Waals surface area (Å²) in [6.07, 6.45) is 3.96. The third-order valence-corrected chi connectivity index (χ3v) is 2.68. The monoisotopic (exact) mass is 320 g/mol. The first-order valence-corrected chi connectivity index (χ1v) is 7.87. The van der Waals surface area contributed by atoms with Gasteiger partial charge in [0.1, 0.15) is 0 Å². The van der Waals surface area contributed by atoms with Gasteiger partial charge in [-0.2, -0.15) is 0 Å². The fourth-order valence-corrected chi connectivity index (χ4v) is 1.19. The Labute approximate surface area is 134 Å². The predicted molar refractivity (Wildman–Crippen MR) is 84.7 cm³/mol. The molecular formula is C16H32O6. The van der Waals surface area contributed by atoms with E-state index in [0.717, 1.165) is 25.7 Å². The molecule has 6 nitrogen and oxygen atoms in total. The Morgan fingerprint density at radius 3 is 2.05 bits per heavy atom. The van der Waals surface area contributed by atoms with E-state index in [1.807, 2.05) is 0 Å². The summed E-state index contributed by atoms with van der Waals surface area (Å²) in [6.45, 7) is 7.48. The van der Waals surface area contributed by atoms with E-state index in [2.05, 4.69) is 23.3 Å². The van der Waals surface area contributed by atoms with Crippen molar-refractivity contribution in [3.05, 3.63) is 0 Å². The van der Waals surface area contributed by atoms with Gasteiger partial charge in [-0.1, -0.05) is 26.7 Å². The first-order chi connectivity index (χ1) is 10.5. The van der Waals surface area contributed by atoms with Crippen LogP contribution in [0.3, 0.4) is 0 Å². The highest BCUT2D eigenvalue weighted by molar-refractivity contribution is 5.74. The number of hydrogen-bond acceptors (Lipinski definition) is 6. The topological polar surface area (TPSA) is 71.1 Å². The first kappa shape index (κ1) is 23.1. The van der Waals surface area contributed by atoms with Gasteiger partial charge in [-0.25, -0.2) is 4.79 Å². The molecule has 0 aliphatic rings. The van der Waals surface area contributed by atoms with E-state index in [-0.39, 0.29) is 11.9 Å².